The van der Waals surface area contributed by atoms with E-state index in [2.05, 4.69) is 10.3 Å². The molecule has 0 aromatic carbocycles. The molecule has 0 saturated heterocycles. The maximum absolute atomic E-state index is 10.3. The second kappa shape index (κ2) is 5.87. The highest BCUT2D eigenvalue weighted by atomic mass is 16.6. The summed E-state index contributed by atoms with van der Waals surface area (Å²) in [6, 6.07) is 3.08. The Morgan fingerprint density at radius 3 is 2.93 bits per heavy atom. The highest BCUT2D eigenvalue weighted by Crippen LogP contribution is 2.08. The van der Waals surface area contributed by atoms with Crippen LogP contribution in [0.15, 0.2) is 24.4 Å². The molecule has 1 N–H and O–H groups in total. The zero-order valence-corrected chi connectivity index (χ0v) is 8.51. The molecule has 0 aliphatic carbocycles. The van der Waals surface area contributed by atoms with Crippen molar-refractivity contribution in [1.82, 2.24) is 10.3 Å². The number of hydrogen-bond acceptors (Lipinski definition) is 4. The highest BCUT2D eigenvalue weighted by molar-refractivity contribution is 5.48. The first kappa shape index (κ1) is 11.3. The van der Waals surface area contributed by atoms with Gasteiger partial charge in [0.05, 0.1) is 0 Å². The number of pyridine rings is 1. The molecule has 0 fully saturated rings. The fraction of sp³-hybridized carbons (Fsp3) is 0.300. The summed E-state index contributed by atoms with van der Waals surface area (Å²) in [5, 5.41) is 13.4. The number of aromatic nitrogens is 1. The summed E-state index contributed by atoms with van der Waals surface area (Å²) in [5.41, 5.74) is 0.872. The van der Waals surface area contributed by atoms with Crippen LogP contribution in [0.1, 0.15) is 12.0 Å². The molecular weight excluding hydrogens is 194 g/mol. The molecule has 80 valence electrons. The molecule has 1 heterocycles. The normalized spacial score (nSPS) is 10.7. The van der Waals surface area contributed by atoms with Gasteiger partial charge in [-0.05, 0) is 36.0 Å². The van der Waals surface area contributed by atoms with E-state index in [0.29, 0.717) is 0 Å². The molecular formula is C10H13N3O2. The SMILES string of the molecule is CNCCC=Cc1ccc([N+](=O)[O-])nc1. The van der Waals surface area contributed by atoms with Crippen LogP contribution in [0.25, 0.3) is 6.08 Å². The Hall–Kier alpha value is -1.75. The van der Waals surface area contributed by atoms with E-state index >= 15 is 0 Å². The van der Waals surface area contributed by atoms with Crippen LogP contribution < -0.4 is 5.32 Å². The van der Waals surface area contributed by atoms with Crippen molar-refractivity contribution in [3.05, 3.63) is 40.1 Å². The summed E-state index contributed by atoms with van der Waals surface area (Å²) < 4.78 is 0. The third-order valence-electron chi connectivity index (χ3n) is 1.83. The van der Waals surface area contributed by atoms with Crippen LogP contribution in [-0.2, 0) is 0 Å². The first-order chi connectivity index (χ1) is 7.24. The second-order valence-electron chi connectivity index (χ2n) is 3.00. The minimum Gasteiger partial charge on any atom is -0.358 e. The van der Waals surface area contributed by atoms with E-state index in [4.69, 9.17) is 0 Å². The van der Waals surface area contributed by atoms with Crippen molar-refractivity contribution in [1.29, 1.82) is 0 Å². The first-order valence-corrected chi connectivity index (χ1v) is 4.65. The molecule has 0 amide bonds. The molecule has 0 atom stereocenters. The van der Waals surface area contributed by atoms with Gasteiger partial charge in [0.25, 0.3) is 0 Å². The molecule has 1 aromatic heterocycles. The van der Waals surface area contributed by atoms with Crippen molar-refractivity contribution in [2.45, 2.75) is 6.42 Å². The van der Waals surface area contributed by atoms with Crippen LogP contribution in [0.5, 0.6) is 0 Å². The smallest absolute Gasteiger partial charge is 0.358 e. The van der Waals surface area contributed by atoms with E-state index in [1.54, 1.807) is 6.07 Å². The summed E-state index contributed by atoms with van der Waals surface area (Å²) in [6.45, 7) is 0.914. The quantitative estimate of drug-likeness (QED) is 0.452. The predicted molar refractivity (Wildman–Crippen MR) is 58.5 cm³/mol. The third kappa shape index (κ3) is 3.86. The van der Waals surface area contributed by atoms with Crippen LogP contribution in [0.2, 0.25) is 0 Å². The zero-order valence-electron chi connectivity index (χ0n) is 8.51. The van der Waals surface area contributed by atoms with Gasteiger partial charge in [-0.25, -0.2) is 0 Å². The van der Waals surface area contributed by atoms with E-state index in [1.165, 1.54) is 12.3 Å². The third-order valence-corrected chi connectivity index (χ3v) is 1.83. The number of nitrogens with zero attached hydrogens (tertiary/aromatic N) is 2. The van der Waals surface area contributed by atoms with Crippen molar-refractivity contribution >= 4 is 11.9 Å². The monoisotopic (exact) mass is 207 g/mol. The number of hydrogen-bond donors (Lipinski definition) is 1. The van der Waals surface area contributed by atoms with Gasteiger partial charge in [0.2, 0.25) is 0 Å². The average Bonchev–Trinajstić information content (AvgIpc) is 2.25. The molecule has 0 aliphatic rings. The lowest BCUT2D eigenvalue weighted by Gasteiger charge is -1.93. The van der Waals surface area contributed by atoms with Gasteiger partial charge in [0, 0.05) is 11.6 Å². The van der Waals surface area contributed by atoms with Crippen LogP contribution in [-0.4, -0.2) is 23.5 Å². The van der Waals surface area contributed by atoms with Crippen molar-refractivity contribution in [3.8, 4) is 0 Å². The summed E-state index contributed by atoms with van der Waals surface area (Å²) in [5.74, 6) is -0.123. The Bertz CT molecular complexity index is 346. The van der Waals surface area contributed by atoms with E-state index in [9.17, 15) is 10.1 Å². The van der Waals surface area contributed by atoms with Crippen LogP contribution in [0.4, 0.5) is 5.82 Å². The number of nitrogens with one attached hydrogen (secondary N) is 1. The predicted octanol–water partition coefficient (Wildman–Crippen LogP) is 1.61. The lowest BCUT2D eigenvalue weighted by atomic mass is 10.2. The van der Waals surface area contributed by atoms with E-state index in [0.717, 1.165) is 18.5 Å². The van der Waals surface area contributed by atoms with Crippen LogP contribution in [0.3, 0.4) is 0 Å². The van der Waals surface area contributed by atoms with Crippen molar-refractivity contribution in [2.75, 3.05) is 13.6 Å². The van der Waals surface area contributed by atoms with Crippen molar-refractivity contribution in [3.63, 3.8) is 0 Å². The van der Waals surface area contributed by atoms with E-state index in [-0.39, 0.29) is 5.82 Å². The van der Waals surface area contributed by atoms with Gasteiger partial charge in [0.15, 0.2) is 0 Å². The lowest BCUT2D eigenvalue weighted by Crippen LogP contribution is -2.05. The molecule has 5 heteroatoms. The van der Waals surface area contributed by atoms with Gasteiger partial charge in [-0.15, -0.1) is 0 Å². The second-order valence-corrected chi connectivity index (χ2v) is 3.00. The fourth-order valence-corrected chi connectivity index (χ4v) is 1.05. The van der Waals surface area contributed by atoms with Crippen molar-refractivity contribution < 1.29 is 4.92 Å². The summed E-state index contributed by atoms with van der Waals surface area (Å²) in [6.07, 6.45) is 6.31. The van der Waals surface area contributed by atoms with Gasteiger partial charge < -0.3 is 15.4 Å². The maximum atomic E-state index is 10.3. The highest BCUT2D eigenvalue weighted by Gasteiger charge is 2.03. The minimum absolute atomic E-state index is 0.123. The Labute approximate surface area is 88.0 Å². The van der Waals surface area contributed by atoms with Crippen molar-refractivity contribution in [2.24, 2.45) is 0 Å². The van der Waals surface area contributed by atoms with Gasteiger partial charge >= 0.3 is 5.82 Å². The standard InChI is InChI=1S/C10H13N3O2/c1-11-7-3-2-4-9-5-6-10(12-8-9)13(14)15/h2,4-6,8,11H,3,7H2,1H3. The lowest BCUT2D eigenvalue weighted by molar-refractivity contribution is -0.389. The Morgan fingerprint density at radius 2 is 2.40 bits per heavy atom. The van der Waals surface area contributed by atoms with Crippen LogP contribution in [0, 0.1) is 10.1 Å². The van der Waals surface area contributed by atoms with Gasteiger partial charge in [-0.3, -0.25) is 0 Å². The van der Waals surface area contributed by atoms with E-state index < -0.39 is 4.92 Å². The molecule has 1 aromatic rings. The fourth-order valence-electron chi connectivity index (χ4n) is 1.05. The molecule has 5 nitrogen and oxygen atoms in total. The molecule has 0 saturated carbocycles. The summed E-state index contributed by atoms with van der Waals surface area (Å²) >= 11 is 0. The molecule has 0 bridgehead atoms. The van der Waals surface area contributed by atoms with Gasteiger partial charge in [0.1, 0.15) is 6.20 Å². The van der Waals surface area contributed by atoms with E-state index in [1.807, 2.05) is 19.2 Å². The Morgan fingerprint density at radius 1 is 1.60 bits per heavy atom. The molecule has 0 radical (unpaired) electrons. The minimum atomic E-state index is -0.505. The number of nitro groups is 1. The summed E-state index contributed by atoms with van der Waals surface area (Å²) in [7, 11) is 1.89. The molecule has 0 aliphatic heterocycles. The largest absolute Gasteiger partial charge is 0.363 e. The Kier molecular flexibility index (Phi) is 4.43. The summed E-state index contributed by atoms with van der Waals surface area (Å²) in [4.78, 5) is 13.5. The molecule has 15 heavy (non-hydrogen) atoms. The number of rotatable bonds is 5. The van der Waals surface area contributed by atoms with Gasteiger partial charge in [-0.1, -0.05) is 12.2 Å². The molecule has 0 spiro atoms. The maximum Gasteiger partial charge on any atom is 0.363 e. The first-order valence-electron chi connectivity index (χ1n) is 4.65. The molecule has 1 rings (SSSR count). The molecule has 0 unspecified atom stereocenters. The average molecular weight is 207 g/mol. The Balaban J connectivity index is 2.56. The van der Waals surface area contributed by atoms with Crippen LogP contribution >= 0.6 is 0 Å². The van der Waals surface area contributed by atoms with Gasteiger partial charge in [-0.2, -0.15) is 0 Å². The zero-order chi connectivity index (χ0) is 11.1. The topological polar surface area (TPSA) is 68.1 Å².